The molecular weight excluding hydrogens is 218 g/mol. The van der Waals surface area contributed by atoms with E-state index in [-0.39, 0.29) is 5.91 Å². The van der Waals surface area contributed by atoms with Crippen LogP contribution in [0.3, 0.4) is 0 Å². The SMILES string of the molecule is C=Cc1nc(C(=O)NC)ccc1-c1cnco1. The minimum absolute atomic E-state index is 0.239. The maximum absolute atomic E-state index is 11.4. The van der Waals surface area contributed by atoms with Gasteiger partial charge in [0.2, 0.25) is 0 Å². The van der Waals surface area contributed by atoms with Crippen molar-refractivity contribution in [3.63, 3.8) is 0 Å². The summed E-state index contributed by atoms with van der Waals surface area (Å²) in [6.45, 7) is 3.67. The molecule has 0 spiro atoms. The van der Waals surface area contributed by atoms with Crippen LogP contribution >= 0.6 is 0 Å². The fraction of sp³-hybridized carbons (Fsp3) is 0.0833. The topological polar surface area (TPSA) is 68.0 Å². The summed E-state index contributed by atoms with van der Waals surface area (Å²) in [7, 11) is 1.56. The lowest BCUT2D eigenvalue weighted by atomic mass is 10.1. The largest absolute Gasteiger partial charge is 0.443 e. The first-order chi connectivity index (χ1) is 8.26. The highest BCUT2D eigenvalue weighted by Crippen LogP contribution is 2.23. The van der Waals surface area contributed by atoms with Crippen LogP contribution < -0.4 is 5.32 Å². The first kappa shape index (κ1) is 11.1. The third-order valence-corrected chi connectivity index (χ3v) is 2.28. The predicted octanol–water partition coefficient (Wildman–Crippen LogP) is 1.74. The van der Waals surface area contributed by atoms with E-state index in [1.165, 1.54) is 6.39 Å². The van der Waals surface area contributed by atoms with Crippen LogP contribution in [0, 0.1) is 0 Å². The summed E-state index contributed by atoms with van der Waals surface area (Å²) in [6.07, 6.45) is 4.50. The van der Waals surface area contributed by atoms with E-state index >= 15 is 0 Å². The van der Waals surface area contributed by atoms with Crippen molar-refractivity contribution < 1.29 is 9.21 Å². The Morgan fingerprint density at radius 1 is 1.53 bits per heavy atom. The molecule has 0 aliphatic heterocycles. The quantitative estimate of drug-likeness (QED) is 0.870. The zero-order valence-electron chi connectivity index (χ0n) is 9.30. The van der Waals surface area contributed by atoms with Crippen LogP contribution in [0.5, 0.6) is 0 Å². The fourth-order valence-electron chi connectivity index (χ4n) is 1.44. The predicted molar refractivity (Wildman–Crippen MR) is 63.2 cm³/mol. The zero-order valence-corrected chi connectivity index (χ0v) is 9.30. The monoisotopic (exact) mass is 229 g/mol. The minimum Gasteiger partial charge on any atom is -0.443 e. The second kappa shape index (κ2) is 4.61. The number of nitrogens with zero attached hydrogens (tertiary/aromatic N) is 2. The lowest BCUT2D eigenvalue weighted by Crippen LogP contribution is -2.19. The number of carbonyl (C=O) groups is 1. The second-order valence-corrected chi connectivity index (χ2v) is 3.28. The summed E-state index contributed by atoms with van der Waals surface area (Å²) in [5.41, 5.74) is 1.68. The fourth-order valence-corrected chi connectivity index (χ4v) is 1.44. The van der Waals surface area contributed by atoms with Gasteiger partial charge in [0.1, 0.15) is 5.69 Å². The van der Waals surface area contributed by atoms with Gasteiger partial charge < -0.3 is 9.73 Å². The molecule has 86 valence electrons. The molecular formula is C12H11N3O2. The summed E-state index contributed by atoms with van der Waals surface area (Å²) >= 11 is 0. The smallest absolute Gasteiger partial charge is 0.269 e. The van der Waals surface area contributed by atoms with Gasteiger partial charge in [0.25, 0.3) is 5.91 Å². The first-order valence-corrected chi connectivity index (χ1v) is 5.00. The number of aromatic nitrogens is 2. The van der Waals surface area contributed by atoms with E-state index in [1.807, 2.05) is 0 Å². The lowest BCUT2D eigenvalue weighted by molar-refractivity contribution is 0.0958. The molecule has 0 radical (unpaired) electrons. The van der Waals surface area contributed by atoms with Crippen molar-refractivity contribution in [3.8, 4) is 11.3 Å². The highest BCUT2D eigenvalue weighted by molar-refractivity contribution is 5.92. The normalized spacial score (nSPS) is 9.94. The van der Waals surface area contributed by atoms with Gasteiger partial charge in [-0.05, 0) is 18.2 Å². The Bertz CT molecular complexity index is 547. The summed E-state index contributed by atoms with van der Waals surface area (Å²) < 4.78 is 5.19. The van der Waals surface area contributed by atoms with E-state index in [0.717, 1.165) is 5.56 Å². The van der Waals surface area contributed by atoms with Crippen molar-refractivity contribution in [2.45, 2.75) is 0 Å². The van der Waals surface area contributed by atoms with Crippen LogP contribution in [0.4, 0.5) is 0 Å². The highest BCUT2D eigenvalue weighted by atomic mass is 16.3. The first-order valence-electron chi connectivity index (χ1n) is 5.00. The standard InChI is InChI=1S/C12H11N3O2/c1-3-9-8(11-6-14-7-17-11)4-5-10(15-9)12(16)13-2/h3-7H,1H2,2H3,(H,13,16). The van der Waals surface area contributed by atoms with Crippen molar-refractivity contribution >= 4 is 12.0 Å². The minimum atomic E-state index is -0.239. The van der Waals surface area contributed by atoms with Gasteiger partial charge in [0.05, 0.1) is 11.9 Å². The van der Waals surface area contributed by atoms with Crippen LogP contribution in [0.1, 0.15) is 16.2 Å². The Morgan fingerprint density at radius 3 is 2.94 bits per heavy atom. The number of amides is 1. The molecule has 5 heteroatoms. The van der Waals surface area contributed by atoms with E-state index in [0.29, 0.717) is 17.1 Å². The van der Waals surface area contributed by atoms with Gasteiger partial charge in [-0.25, -0.2) is 9.97 Å². The Labute approximate surface area is 98.2 Å². The van der Waals surface area contributed by atoms with Gasteiger partial charge in [-0.15, -0.1) is 0 Å². The van der Waals surface area contributed by atoms with Gasteiger partial charge in [-0.2, -0.15) is 0 Å². The van der Waals surface area contributed by atoms with E-state index in [1.54, 1.807) is 31.5 Å². The number of carbonyl (C=O) groups excluding carboxylic acids is 1. The zero-order chi connectivity index (χ0) is 12.3. The van der Waals surface area contributed by atoms with Crippen LogP contribution in [-0.4, -0.2) is 22.9 Å². The molecule has 1 N–H and O–H groups in total. The number of nitrogens with one attached hydrogen (secondary N) is 1. The van der Waals surface area contributed by atoms with Crippen LogP contribution in [0.2, 0.25) is 0 Å². The maximum atomic E-state index is 11.4. The molecule has 2 heterocycles. The molecule has 0 aromatic carbocycles. The third-order valence-electron chi connectivity index (χ3n) is 2.28. The van der Waals surface area contributed by atoms with Crippen LogP contribution in [-0.2, 0) is 0 Å². The Morgan fingerprint density at radius 2 is 2.35 bits per heavy atom. The Hall–Kier alpha value is -2.43. The van der Waals surface area contributed by atoms with Crippen LogP contribution in [0.15, 0.2) is 35.7 Å². The van der Waals surface area contributed by atoms with Gasteiger partial charge in [0.15, 0.2) is 12.2 Å². The highest BCUT2D eigenvalue weighted by Gasteiger charge is 2.11. The van der Waals surface area contributed by atoms with Gasteiger partial charge in [0, 0.05) is 12.6 Å². The van der Waals surface area contributed by atoms with Crippen molar-refractivity contribution in [2.24, 2.45) is 0 Å². The third kappa shape index (κ3) is 2.08. The van der Waals surface area contributed by atoms with Gasteiger partial charge in [-0.3, -0.25) is 4.79 Å². The van der Waals surface area contributed by atoms with Crippen molar-refractivity contribution in [1.82, 2.24) is 15.3 Å². The molecule has 0 saturated carbocycles. The molecule has 0 saturated heterocycles. The van der Waals surface area contributed by atoms with Crippen molar-refractivity contribution in [2.75, 3.05) is 7.05 Å². The van der Waals surface area contributed by atoms with Gasteiger partial charge in [-0.1, -0.05) is 6.58 Å². The van der Waals surface area contributed by atoms with Gasteiger partial charge >= 0.3 is 0 Å². The number of pyridine rings is 1. The summed E-state index contributed by atoms with van der Waals surface area (Å²) in [4.78, 5) is 19.5. The average molecular weight is 229 g/mol. The number of rotatable bonds is 3. The molecule has 0 aliphatic carbocycles. The number of hydrogen-bond donors (Lipinski definition) is 1. The van der Waals surface area contributed by atoms with E-state index in [4.69, 9.17) is 4.42 Å². The molecule has 2 rings (SSSR count). The molecule has 0 bridgehead atoms. The molecule has 2 aromatic rings. The molecule has 0 aliphatic rings. The maximum Gasteiger partial charge on any atom is 0.269 e. The molecule has 1 amide bonds. The number of oxazole rings is 1. The van der Waals surface area contributed by atoms with E-state index < -0.39 is 0 Å². The molecule has 2 aromatic heterocycles. The molecule has 0 unspecified atom stereocenters. The van der Waals surface area contributed by atoms with E-state index in [2.05, 4.69) is 21.9 Å². The summed E-state index contributed by atoms with van der Waals surface area (Å²) in [6, 6.07) is 3.39. The van der Waals surface area contributed by atoms with Crippen molar-refractivity contribution in [1.29, 1.82) is 0 Å². The Balaban J connectivity index is 2.49. The Kier molecular flexibility index (Phi) is 3.00. The molecule has 5 nitrogen and oxygen atoms in total. The molecule has 17 heavy (non-hydrogen) atoms. The molecule has 0 atom stereocenters. The van der Waals surface area contributed by atoms with Crippen LogP contribution in [0.25, 0.3) is 17.4 Å². The number of hydrogen-bond acceptors (Lipinski definition) is 4. The molecule has 0 fully saturated rings. The van der Waals surface area contributed by atoms with E-state index in [9.17, 15) is 4.79 Å². The second-order valence-electron chi connectivity index (χ2n) is 3.28. The summed E-state index contributed by atoms with van der Waals surface area (Å²) in [5, 5.41) is 2.52. The van der Waals surface area contributed by atoms with Crippen molar-refractivity contribution in [3.05, 3.63) is 42.7 Å². The lowest BCUT2D eigenvalue weighted by Gasteiger charge is -2.04. The summed E-state index contributed by atoms with van der Waals surface area (Å²) in [5.74, 6) is 0.355. The average Bonchev–Trinajstić information content (AvgIpc) is 2.90.